The van der Waals surface area contributed by atoms with Crippen molar-refractivity contribution < 1.29 is 14.3 Å². The van der Waals surface area contributed by atoms with Crippen molar-refractivity contribution in [3.8, 4) is 5.75 Å². The highest BCUT2D eigenvalue weighted by atomic mass is 35.5. The zero-order valence-electron chi connectivity index (χ0n) is 21.3. The third kappa shape index (κ3) is 5.17. The Labute approximate surface area is 220 Å². The largest absolute Gasteiger partial charge is 0.497 e. The number of Topliss-reactive ketones (excluding diaryl/α,β-unsaturated/α-hetero) is 1. The molecule has 1 N–H and O–H groups in total. The molecule has 3 saturated heterocycles. The molecule has 5 rings (SSSR count). The molecular formula is C29H38ClN3O3. The molecule has 1 amide bonds. The summed E-state index contributed by atoms with van der Waals surface area (Å²) in [4.78, 5) is 30.8. The van der Waals surface area contributed by atoms with Gasteiger partial charge in [0.1, 0.15) is 11.5 Å². The van der Waals surface area contributed by atoms with Crippen LogP contribution in [0.1, 0.15) is 43.2 Å². The van der Waals surface area contributed by atoms with Crippen LogP contribution >= 0.6 is 12.4 Å². The number of likely N-dealkylation sites (tertiary alicyclic amines) is 2. The number of hydrogen-bond acceptors (Lipinski definition) is 5. The Kier molecular flexibility index (Phi) is 8.38. The van der Waals surface area contributed by atoms with Gasteiger partial charge in [0.2, 0.25) is 5.91 Å². The van der Waals surface area contributed by atoms with Gasteiger partial charge in [0, 0.05) is 38.0 Å². The van der Waals surface area contributed by atoms with Crippen molar-refractivity contribution in [2.24, 2.45) is 11.3 Å². The van der Waals surface area contributed by atoms with Gasteiger partial charge in [-0.15, -0.1) is 12.4 Å². The van der Waals surface area contributed by atoms with Crippen molar-refractivity contribution >= 4 is 24.1 Å². The van der Waals surface area contributed by atoms with Crippen LogP contribution in [0.5, 0.6) is 5.75 Å². The van der Waals surface area contributed by atoms with E-state index in [0.29, 0.717) is 12.5 Å². The number of nitrogens with one attached hydrogen (secondary N) is 1. The summed E-state index contributed by atoms with van der Waals surface area (Å²) in [5, 5.41) is 3.54. The number of hydrogen-bond donors (Lipinski definition) is 1. The van der Waals surface area contributed by atoms with Crippen molar-refractivity contribution in [3.63, 3.8) is 0 Å². The van der Waals surface area contributed by atoms with Crippen LogP contribution in [0, 0.1) is 11.3 Å². The number of piperidine rings is 1. The Bertz CT molecular complexity index is 1040. The summed E-state index contributed by atoms with van der Waals surface area (Å²) in [7, 11) is 1.66. The average molecular weight is 512 g/mol. The standard InChI is InChI=1S/C29H37N3O3.ClH/c1-21(33)27(26-19-30-18-25(26)23-6-4-3-5-7-23)31-15-12-29(13-16-31)14-17-32(28(29)34)20-22-8-10-24(35-2)11-9-22;/h3-11,25-27,30H,12-20H2,1-2H3;1H/t25-,26-,27?;/m1./s1. The molecule has 0 radical (unpaired) electrons. The van der Waals surface area contributed by atoms with Crippen molar-refractivity contribution in [3.05, 3.63) is 65.7 Å². The minimum atomic E-state index is -0.267. The number of methoxy groups -OCH3 is 1. The van der Waals surface area contributed by atoms with Crippen LogP contribution in [0.4, 0.5) is 0 Å². The minimum absolute atomic E-state index is 0. The van der Waals surface area contributed by atoms with Crippen molar-refractivity contribution in [1.82, 2.24) is 15.1 Å². The Morgan fingerprint density at radius 1 is 1.03 bits per heavy atom. The lowest BCUT2D eigenvalue weighted by molar-refractivity contribution is -0.139. The molecule has 0 aromatic heterocycles. The van der Waals surface area contributed by atoms with Gasteiger partial charge in [0.15, 0.2) is 0 Å². The first-order chi connectivity index (χ1) is 17.0. The molecule has 194 valence electrons. The second kappa shape index (κ2) is 11.3. The molecule has 7 heteroatoms. The van der Waals surface area contributed by atoms with Crippen LogP contribution in [0.25, 0.3) is 0 Å². The van der Waals surface area contributed by atoms with E-state index in [-0.39, 0.29) is 41.5 Å². The fourth-order valence-electron chi connectivity index (χ4n) is 6.61. The van der Waals surface area contributed by atoms with E-state index in [9.17, 15) is 9.59 Å². The molecule has 1 spiro atoms. The molecule has 0 saturated carbocycles. The van der Waals surface area contributed by atoms with Crippen LogP contribution in [-0.2, 0) is 16.1 Å². The number of amides is 1. The molecule has 2 aromatic carbocycles. The van der Waals surface area contributed by atoms with Crippen LogP contribution < -0.4 is 10.1 Å². The molecule has 3 atom stereocenters. The molecule has 2 aromatic rings. The van der Waals surface area contributed by atoms with Gasteiger partial charge in [0.05, 0.1) is 18.6 Å². The van der Waals surface area contributed by atoms with Gasteiger partial charge in [-0.2, -0.15) is 0 Å². The van der Waals surface area contributed by atoms with Gasteiger partial charge in [-0.1, -0.05) is 42.5 Å². The Hall–Kier alpha value is -2.41. The zero-order chi connectivity index (χ0) is 24.4. The molecule has 3 heterocycles. The smallest absolute Gasteiger partial charge is 0.229 e. The second-order valence-electron chi connectivity index (χ2n) is 10.5. The predicted octanol–water partition coefficient (Wildman–Crippen LogP) is 3.89. The molecule has 1 unspecified atom stereocenters. The highest BCUT2D eigenvalue weighted by Crippen LogP contribution is 2.44. The lowest BCUT2D eigenvalue weighted by Crippen LogP contribution is -2.53. The molecule has 3 aliphatic heterocycles. The van der Waals surface area contributed by atoms with Gasteiger partial charge >= 0.3 is 0 Å². The summed E-state index contributed by atoms with van der Waals surface area (Å²) in [6.07, 6.45) is 2.59. The number of halogens is 1. The lowest BCUT2D eigenvalue weighted by Gasteiger charge is -2.43. The van der Waals surface area contributed by atoms with E-state index >= 15 is 0 Å². The third-order valence-corrected chi connectivity index (χ3v) is 8.59. The van der Waals surface area contributed by atoms with E-state index in [2.05, 4.69) is 34.5 Å². The normalized spacial score (nSPS) is 24.5. The van der Waals surface area contributed by atoms with Crippen LogP contribution in [-0.4, -0.2) is 67.4 Å². The van der Waals surface area contributed by atoms with Crippen LogP contribution in [0.3, 0.4) is 0 Å². The predicted molar refractivity (Wildman–Crippen MR) is 144 cm³/mol. The monoisotopic (exact) mass is 511 g/mol. The highest BCUT2D eigenvalue weighted by Gasteiger charge is 2.50. The Morgan fingerprint density at radius 2 is 1.69 bits per heavy atom. The molecule has 3 aliphatic rings. The van der Waals surface area contributed by atoms with Crippen LogP contribution in [0.2, 0.25) is 0 Å². The molecule has 0 aliphatic carbocycles. The highest BCUT2D eigenvalue weighted by molar-refractivity contribution is 5.86. The average Bonchev–Trinajstić information content (AvgIpc) is 3.47. The van der Waals surface area contributed by atoms with E-state index in [1.807, 2.05) is 35.2 Å². The lowest BCUT2D eigenvalue weighted by atomic mass is 9.75. The first-order valence-electron chi connectivity index (χ1n) is 12.9. The second-order valence-corrected chi connectivity index (χ2v) is 10.5. The Balaban J connectivity index is 0.00000304. The number of rotatable bonds is 7. The van der Waals surface area contributed by atoms with Gasteiger partial charge in [-0.25, -0.2) is 0 Å². The molecule has 36 heavy (non-hydrogen) atoms. The first-order valence-corrected chi connectivity index (χ1v) is 12.9. The first kappa shape index (κ1) is 26.6. The maximum atomic E-state index is 13.5. The summed E-state index contributed by atoms with van der Waals surface area (Å²) in [5.41, 5.74) is 2.17. The van der Waals surface area contributed by atoms with Gasteiger partial charge in [0.25, 0.3) is 0 Å². The maximum Gasteiger partial charge on any atom is 0.229 e. The van der Waals surface area contributed by atoms with E-state index in [0.717, 1.165) is 63.3 Å². The van der Waals surface area contributed by atoms with Gasteiger partial charge in [-0.05, 0) is 62.5 Å². The van der Waals surface area contributed by atoms with Gasteiger partial charge < -0.3 is 15.0 Å². The summed E-state index contributed by atoms with van der Waals surface area (Å²) in [6.45, 7) is 6.59. The van der Waals surface area contributed by atoms with E-state index in [1.54, 1.807) is 14.0 Å². The summed E-state index contributed by atoms with van der Waals surface area (Å²) < 4.78 is 5.25. The molecule has 6 nitrogen and oxygen atoms in total. The van der Waals surface area contributed by atoms with Crippen molar-refractivity contribution in [2.45, 2.75) is 44.7 Å². The summed E-state index contributed by atoms with van der Waals surface area (Å²) in [5.74, 6) is 1.97. The Morgan fingerprint density at radius 3 is 2.33 bits per heavy atom. The van der Waals surface area contributed by atoms with E-state index in [1.165, 1.54) is 5.56 Å². The maximum absolute atomic E-state index is 13.5. The fraction of sp³-hybridized carbons (Fsp3) is 0.517. The number of benzene rings is 2. The van der Waals surface area contributed by atoms with Gasteiger partial charge in [-0.3, -0.25) is 14.5 Å². The number of ether oxygens (including phenoxy) is 1. The number of carbonyl (C=O) groups is 2. The number of nitrogens with zero attached hydrogens (tertiary/aromatic N) is 2. The van der Waals surface area contributed by atoms with Crippen LogP contribution in [0.15, 0.2) is 54.6 Å². The molecule has 3 fully saturated rings. The number of carbonyl (C=O) groups excluding carboxylic acids is 2. The van der Waals surface area contributed by atoms with Crippen molar-refractivity contribution in [2.75, 3.05) is 39.8 Å². The summed E-state index contributed by atoms with van der Waals surface area (Å²) >= 11 is 0. The van der Waals surface area contributed by atoms with E-state index in [4.69, 9.17) is 4.74 Å². The SMILES string of the molecule is COc1ccc(CN2CCC3(CCN(C(C(C)=O)[C@@H]4CNC[C@@H]4c4ccccc4)CC3)C2=O)cc1.Cl. The number of ketones is 1. The molecular weight excluding hydrogens is 474 g/mol. The minimum Gasteiger partial charge on any atom is -0.497 e. The fourth-order valence-corrected chi connectivity index (χ4v) is 6.61. The summed E-state index contributed by atoms with van der Waals surface area (Å²) in [6, 6.07) is 18.5. The van der Waals surface area contributed by atoms with E-state index < -0.39 is 0 Å². The third-order valence-electron chi connectivity index (χ3n) is 8.59. The zero-order valence-corrected chi connectivity index (χ0v) is 22.1. The topological polar surface area (TPSA) is 61.9 Å². The van der Waals surface area contributed by atoms with Crippen molar-refractivity contribution in [1.29, 1.82) is 0 Å². The quantitative estimate of drug-likeness (QED) is 0.611. The molecule has 0 bridgehead atoms.